The number of carbonyl (C=O) groups excluding carboxylic acids is 1. The van der Waals surface area contributed by atoms with Crippen molar-refractivity contribution in [3.05, 3.63) is 77.7 Å². The molecule has 1 aromatic heterocycles. The van der Waals surface area contributed by atoms with Gasteiger partial charge in [0.1, 0.15) is 11.6 Å². The van der Waals surface area contributed by atoms with Gasteiger partial charge in [-0.3, -0.25) is 4.79 Å². The van der Waals surface area contributed by atoms with E-state index < -0.39 is 29.0 Å². The third kappa shape index (κ3) is 4.17. The number of rotatable bonds is 5. The van der Waals surface area contributed by atoms with Crippen LogP contribution in [0.4, 0.5) is 30.4 Å². The van der Waals surface area contributed by atoms with E-state index in [4.69, 9.17) is 4.74 Å². The van der Waals surface area contributed by atoms with Gasteiger partial charge in [0.25, 0.3) is 5.91 Å². The highest BCUT2D eigenvalue weighted by atomic mass is 19.2. The lowest BCUT2D eigenvalue weighted by atomic mass is 10.2. The Bertz CT molecular complexity index is 978. The van der Waals surface area contributed by atoms with Crippen molar-refractivity contribution in [2.45, 2.75) is 0 Å². The molecule has 5 nitrogen and oxygen atoms in total. The van der Waals surface area contributed by atoms with Crippen LogP contribution < -0.4 is 15.4 Å². The van der Waals surface area contributed by atoms with Gasteiger partial charge < -0.3 is 15.4 Å². The van der Waals surface area contributed by atoms with E-state index in [2.05, 4.69) is 15.6 Å². The average Bonchev–Trinajstić information content (AvgIpc) is 2.69. The van der Waals surface area contributed by atoms with Gasteiger partial charge in [0, 0.05) is 17.4 Å². The van der Waals surface area contributed by atoms with Crippen molar-refractivity contribution in [2.75, 3.05) is 17.7 Å². The summed E-state index contributed by atoms with van der Waals surface area (Å²) >= 11 is 0. The predicted octanol–water partition coefficient (Wildman–Crippen LogP) is 4.50. The van der Waals surface area contributed by atoms with Crippen LogP contribution in [0.1, 0.15) is 10.4 Å². The van der Waals surface area contributed by atoms with Crippen molar-refractivity contribution in [2.24, 2.45) is 0 Å². The number of benzene rings is 2. The molecule has 3 aromatic rings. The molecule has 0 saturated carbocycles. The first-order valence-electron chi connectivity index (χ1n) is 7.80. The van der Waals surface area contributed by atoms with Crippen LogP contribution in [0.15, 0.2) is 54.7 Å². The molecule has 0 bridgehead atoms. The minimum absolute atomic E-state index is 0.158. The molecule has 0 atom stereocenters. The molecule has 2 N–H and O–H groups in total. The lowest BCUT2D eigenvalue weighted by Crippen LogP contribution is -2.14. The van der Waals surface area contributed by atoms with Gasteiger partial charge >= 0.3 is 0 Å². The van der Waals surface area contributed by atoms with Gasteiger partial charge in [-0.2, -0.15) is 0 Å². The van der Waals surface area contributed by atoms with Gasteiger partial charge in [0.2, 0.25) is 0 Å². The lowest BCUT2D eigenvalue weighted by Gasteiger charge is -2.10. The number of hydrogen-bond acceptors (Lipinski definition) is 4. The maximum atomic E-state index is 13.7. The molecule has 0 aliphatic heterocycles. The van der Waals surface area contributed by atoms with Crippen molar-refractivity contribution in [1.82, 2.24) is 4.98 Å². The van der Waals surface area contributed by atoms with Crippen molar-refractivity contribution >= 4 is 23.1 Å². The normalized spacial score (nSPS) is 10.4. The summed E-state index contributed by atoms with van der Waals surface area (Å²) in [6.07, 6.45) is 1.39. The highest BCUT2D eigenvalue weighted by Gasteiger charge is 2.16. The lowest BCUT2D eigenvalue weighted by molar-refractivity contribution is 0.102. The Morgan fingerprint density at radius 3 is 2.44 bits per heavy atom. The molecular formula is C19H14F3N3O2. The summed E-state index contributed by atoms with van der Waals surface area (Å²) in [6.45, 7) is 0. The zero-order valence-corrected chi connectivity index (χ0v) is 14.1. The number of halogens is 3. The second-order valence-electron chi connectivity index (χ2n) is 5.46. The molecule has 1 heterocycles. The Balaban J connectivity index is 1.76. The fourth-order valence-electron chi connectivity index (χ4n) is 2.28. The quantitative estimate of drug-likeness (QED) is 0.647. The Labute approximate surface area is 152 Å². The molecule has 3 rings (SSSR count). The molecule has 0 aliphatic carbocycles. The molecule has 0 spiro atoms. The van der Waals surface area contributed by atoms with E-state index in [9.17, 15) is 18.0 Å². The summed E-state index contributed by atoms with van der Waals surface area (Å²) in [7, 11) is 1.56. The van der Waals surface area contributed by atoms with Crippen LogP contribution >= 0.6 is 0 Å². The van der Waals surface area contributed by atoms with Crippen LogP contribution in [0.2, 0.25) is 0 Å². The molecule has 0 radical (unpaired) electrons. The summed E-state index contributed by atoms with van der Waals surface area (Å²) in [4.78, 5) is 16.4. The highest BCUT2D eigenvalue weighted by Crippen LogP contribution is 2.22. The minimum atomic E-state index is -1.65. The molecule has 1 amide bonds. The maximum absolute atomic E-state index is 13.7. The van der Waals surface area contributed by atoms with Gasteiger partial charge in [-0.1, -0.05) is 0 Å². The van der Waals surface area contributed by atoms with Crippen molar-refractivity contribution in [3.63, 3.8) is 0 Å². The van der Waals surface area contributed by atoms with E-state index in [1.54, 1.807) is 31.4 Å². The number of hydrogen-bond donors (Lipinski definition) is 2. The monoisotopic (exact) mass is 373 g/mol. The minimum Gasteiger partial charge on any atom is -0.497 e. The SMILES string of the molecule is COc1ccc(Nc2cc(C(=O)Nc3ccc(F)c(F)c3F)ccn2)cc1. The van der Waals surface area contributed by atoms with Gasteiger partial charge in [-0.25, -0.2) is 18.2 Å². The van der Waals surface area contributed by atoms with Gasteiger partial charge in [-0.05, 0) is 48.5 Å². The fraction of sp³-hybridized carbons (Fsp3) is 0.0526. The maximum Gasteiger partial charge on any atom is 0.255 e. The molecule has 0 aliphatic rings. The molecule has 0 fully saturated rings. The van der Waals surface area contributed by atoms with Gasteiger partial charge in [0.05, 0.1) is 12.8 Å². The molecular weight excluding hydrogens is 359 g/mol. The topological polar surface area (TPSA) is 63.2 Å². The molecule has 8 heteroatoms. The summed E-state index contributed by atoms with van der Waals surface area (Å²) < 4.78 is 45.0. The van der Waals surface area contributed by atoms with Crippen LogP contribution in [0.3, 0.4) is 0 Å². The van der Waals surface area contributed by atoms with Crippen molar-refractivity contribution in [1.29, 1.82) is 0 Å². The van der Waals surface area contributed by atoms with Gasteiger partial charge in [0.15, 0.2) is 17.5 Å². The standard InChI is InChI=1S/C19H14F3N3O2/c1-27-13-4-2-12(3-5-13)24-16-10-11(8-9-23-16)19(26)25-15-7-6-14(20)17(21)18(15)22/h2-10H,1H3,(H,23,24)(H,25,26). The van der Waals surface area contributed by atoms with Crippen LogP contribution in [0.25, 0.3) is 0 Å². The highest BCUT2D eigenvalue weighted by molar-refractivity contribution is 6.04. The van der Waals surface area contributed by atoms with Crippen molar-refractivity contribution < 1.29 is 22.7 Å². The van der Waals surface area contributed by atoms with E-state index in [-0.39, 0.29) is 5.56 Å². The number of methoxy groups -OCH3 is 1. The van der Waals surface area contributed by atoms with E-state index in [0.717, 1.165) is 12.1 Å². The number of ether oxygens (including phenoxy) is 1. The van der Waals surface area contributed by atoms with E-state index >= 15 is 0 Å². The van der Waals surface area contributed by atoms with Crippen LogP contribution in [0, 0.1) is 17.5 Å². The first-order valence-corrected chi connectivity index (χ1v) is 7.80. The summed E-state index contributed by atoms with van der Waals surface area (Å²) in [6, 6.07) is 11.6. The Kier molecular flexibility index (Phi) is 5.25. The number of carbonyl (C=O) groups is 1. The molecule has 138 valence electrons. The zero-order chi connectivity index (χ0) is 19.4. The largest absolute Gasteiger partial charge is 0.497 e. The number of anilines is 3. The first kappa shape index (κ1) is 18.2. The van der Waals surface area contributed by atoms with E-state index in [1.807, 2.05) is 0 Å². The van der Waals surface area contributed by atoms with Crippen LogP contribution in [-0.4, -0.2) is 18.0 Å². The fourth-order valence-corrected chi connectivity index (χ4v) is 2.28. The van der Waals surface area contributed by atoms with Gasteiger partial charge in [-0.15, -0.1) is 0 Å². The number of nitrogens with zero attached hydrogens (tertiary/aromatic N) is 1. The third-order valence-corrected chi connectivity index (χ3v) is 3.67. The predicted molar refractivity (Wildman–Crippen MR) is 94.8 cm³/mol. The Morgan fingerprint density at radius 1 is 1.00 bits per heavy atom. The third-order valence-electron chi connectivity index (χ3n) is 3.67. The number of nitrogens with one attached hydrogen (secondary N) is 2. The molecule has 2 aromatic carbocycles. The van der Waals surface area contributed by atoms with E-state index in [1.165, 1.54) is 18.3 Å². The van der Waals surface area contributed by atoms with E-state index in [0.29, 0.717) is 17.3 Å². The molecule has 0 unspecified atom stereocenters. The number of aromatic nitrogens is 1. The number of amides is 1. The van der Waals surface area contributed by atoms with Crippen LogP contribution in [0.5, 0.6) is 5.75 Å². The molecule has 27 heavy (non-hydrogen) atoms. The zero-order valence-electron chi connectivity index (χ0n) is 14.1. The first-order chi connectivity index (χ1) is 13.0. The van der Waals surface area contributed by atoms with Crippen molar-refractivity contribution in [3.8, 4) is 5.75 Å². The molecule has 0 saturated heterocycles. The second kappa shape index (κ2) is 7.77. The second-order valence-corrected chi connectivity index (χ2v) is 5.46. The smallest absolute Gasteiger partial charge is 0.255 e. The Hall–Kier alpha value is -3.55. The summed E-state index contributed by atoms with van der Waals surface area (Å²) in [5.74, 6) is -4.08. The van der Waals surface area contributed by atoms with Crippen LogP contribution in [-0.2, 0) is 0 Å². The summed E-state index contributed by atoms with van der Waals surface area (Å²) in [5.41, 5.74) is 0.415. The average molecular weight is 373 g/mol. The summed E-state index contributed by atoms with van der Waals surface area (Å²) in [5, 5.41) is 5.22. The Morgan fingerprint density at radius 2 is 1.74 bits per heavy atom. The number of pyridine rings is 1.